The van der Waals surface area contributed by atoms with Crippen LogP contribution in [0.4, 0.5) is 5.95 Å². The van der Waals surface area contributed by atoms with Crippen LogP contribution in [-0.2, 0) is 0 Å². The molecule has 0 aliphatic rings. The number of anilines is 1. The molecule has 110 valence electrons. The molecule has 2 heterocycles. The Morgan fingerprint density at radius 1 is 1.23 bits per heavy atom. The molecule has 0 bridgehead atoms. The molecule has 0 saturated carbocycles. The van der Waals surface area contributed by atoms with Gasteiger partial charge in [-0.2, -0.15) is 0 Å². The largest absolute Gasteiger partial charge is 0.506 e. The number of aromatic amines is 1. The molecule has 3 aromatic rings. The van der Waals surface area contributed by atoms with Crippen LogP contribution in [0.1, 0.15) is 10.4 Å². The van der Waals surface area contributed by atoms with Crippen LogP contribution < -0.4 is 10.9 Å². The number of nitrogens with zero attached hydrogens (tertiary/aromatic N) is 2. The molecule has 0 radical (unpaired) electrons. The maximum absolute atomic E-state index is 12.2. The smallest absolute Gasteiger partial charge is 0.267 e. The van der Waals surface area contributed by atoms with E-state index in [1.54, 1.807) is 24.3 Å². The SMILES string of the molecule is O=C(Nc1ncc(Br)cn1)c1c(O)c2ccccc2[nH]c1=O. The minimum Gasteiger partial charge on any atom is -0.506 e. The third kappa shape index (κ3) is 2.56. The van der Waals surface area contributed by atoms with Crippen molar-refractivity contribution < 1.29 is 9.90 Å². The van der Waals surface area contributed by atoms with E-state index in [4.69, 9.17) is 0 Å². The van der Waals surface area contributed by atoms with Crippen LogP contribution >= 0.6 is 15.9 Å². The molecule has 0 unspecified atom stereocenters. The number of carbonyl (C=O) groups excluding carboxylic acids is 1. The van der Waals surface area contributed by atoms with Crippen molar-refractivity contribution in [2.75, 3.05) is 5.32 Å². The predicted octanol–water partition coefficient (Wildman–Crippen LogP) is 2.04. The Kier molecular flexibility index (Phi) is 3.60. The van der Waals surface area contributed by atoms with Gasteiger partial charge in [0.15, 0.2) is 0 Å². The number of pyridine rings is 1. The second-order valence-corrected chi connectivity index (χ2v) is 5.32. The Bertz CT molecular complexity index is 922. The maximum Gasteiger partial charge on any atom is 0.267 e. The molecule has 0 atom stereocenters. The Morgan fingerprint density at radius 2 is 1.91 bits per heavy atom. The monoisotopic (exact) mass is 360 g/mol. The third-order valence-corrected chi connectivity index (χ3v) is 3.38. The number of para-hydroxylation sites is 1. The van der Waals surface area contributed by atoms with Gasteiger partial charge in [-0.3, -0.25) is 14.9 Å². The van der Waals surface area contributed by atoms with Gasteiger partial charge in [0.05, 0.1) is 9.99 Å². The lowest BCUT2D eigenvalue weighted by Crippen LogP contribution is -2.24. The number of rotatable bonds is 2. The van der Waals surface area contributed by atoms with E-state index in [2.05, 4.69) is 36.2 Å². The number of aromatic hydroxyl groups is 1. The first-order chi connectivity index (χ1) is 10.6. The normalized spacial score (nSPS) is 10.6. The topological polar surface area (TPSA) is 108 Å². The van der Waals surface area contributed by atoms with Gasteiger partial charge in [-0.25, -0.2) is 9.97 Å². The lowest BCUT2D eigenvalue weighted by molar-refractivity contribution is 0.102. The number of benzene rings is 1. The van der Waals surface area contributed by atoms with Crippen molar-refractivity contribution in [3.05, 3.63) is 57.0 Å². The minimum atomic E-state index is -0.785. The zero-order valence-electron chi connectivity index (χ0n) is 11.0. The summed E-state index contributed by atoms with van der Waals surface area (Å²) in [6, 6.07) is 6.65. The van der Waals surface area contributed by atoms with Crippen molar-refractivity contribution in [3.8, 4) is 5.75 Å². The van der Waals surface area contributed by atoms with E-state index in [1.165, 1.54) is 12.4 Å². The molecule has 0 aliphatic heterocycles. The quantitative estimate of drug-likeness (QED) is 0.647. The van der Waals surface area contributed by atoms with Crippen LogP contribution in [0.2, 0.25) is 0 Å². The number of aromatic nitrogens is 3. The zero-order chi connectivity index (χ0) is 15.7. The fraction of sp³-hybridized carbons (Fsp3) is 0. The average Bonchev–Trinajstić information content (AvgIpc) is 2.49. The number of H-pyrrole nitrogens is 1. The van der Waals surface area contributed by atoms with E-state index in [0.717, 1.165) is 0 Å². The summed E-state index contributed by atoms with van der Waals surface area (Å²) in [7, 11) is 0. The number of hydrogen-bond acceptors (Lipinski definition) is 5. The molecule has 1 amide bonds. The van der Waals surface area contributed by atoms with Gasteiger partial charge in [0.1, 0.15) is 11.3 Å². The molecule has 2 aromatic heterocycles. The molecule has 0 aliphatic carbocycles. The fourth-order valence-corrected chi connectivity index (χ4v) is 2.18. The van der Waals surface area contributed by atoms with Crippen molar-refractivity contribution in [2.45, 2.75) is 0 Å². The van der Waals surface area contributed by atoms with E-state index in [0.29, 0.717) is 15.4 Å². The van der Waals surface area contributed by atoms with Crippen molar-refractivity contribution in [1.29, 1.82) is 0 Å². The Hall–Kier alpha value is -2.74. The molecular weight excluding hydrogens is 352 g/mol. The van der Waals surface area contributed by atoms with Crippen LogP contribution in [0.15, 0.2) is 45.9 Å². The molecule has 1 aromatic carbocycles. The van der Waals surface area contributed by atoms with Crippen LogP contribution in [0.25, 0.3) is 10.9 Å². The molecule has 7 nitrogen and oxygen atoms in total. The molecule has 22 heavy (non-hydrogen) atoms. The summed E-state index contributed by atoms with van der Waals surface area (Å²) < 4.78 is 0.650. The molecule has 3 rings (SSSR count). The van der Waals surface area contributed by atoms with Crippen LogP contribution in [-0.4, -0.2) is 26.0 Å². The number of nitrogens with one attached hydrogen (secondary N) is 2. The molecule has 8 heteroatoms. The van der Waals surface area contributed by atoms with Gasteiger partial charge >= 0.3 is 0 Å². The second kappa shape index (κ2) is 5.57. The standard InChI is InChI=1S/C14H9BrN4O3/c15-7-5-16-14(17-6-7)19-13(22)10-11(20)8-3-1-2-4-9(8)18-12(10)21/h1-6H,(H2,18,20,21)(H,16,17,19,22). The highest BCUT2D eigenvalue weighted by Gasteiger charge is 2.19. The summed E-state index contributed by atoms with van der Waals surface area (Å²) in [5, 5.41) is 12.9. The van der Waals surface area contributed by atoms with Crippen LogP contribution in [0, 0.1) is 0 Å². The minimum absolute atomic E-state index is 0.0279. The van der Waals surface area contributed by atoms with Crippen molar-refractivity contribution in [2.24, 2.45) is 0 Å². The van der Waals surface area contributed by atoms with Crippen molar-refractivity contribution in [1.82, 2.24) is 15.0 Å². The van der Waals surface area contributed by atoms with Gasteiger partial charge in [-0.05, 0) is 28.1 Å². The first-order valence-corrected chi connectivity index (χ1v) is 6.98. The van der Waals surface area contributed by atoms with E-state index in [1.807, 2.05) is 0 Å². The van der Waals surface area contributed by atoms with Crippen LogP contribution in [0.3, 0.4) is 0 Å². The van der Waals surface area contributed by atoms with Crippen LogP contribution in [0.5, 0.6) is 5.75 Å². The lowest BCUT2D eigenvalue weighted by Gasteiger charge is -2.07. The molecule has 0 fully saturated rings. The number of hydrogen-bond donors (Lipinski definition) is 3. The third-order valence-electron chi connectivity index (χ3n) is 2.97. The molecule has 0 spiro atoms. The van der Waals surface area contributed by atoms with E-state index < -0.39 is 11.5 Å². The summed E-state index contributed by atoms with van der Waals surface area (Å²) >= 11 is 3.17. The molecule has 3 N–H and O–H groups in total. The lowest BCUT2D eigenvalue weighted by atomic mass is 10.1. The van der Waals surface area contributed by atoms with Gasteiger partial charge in [-0.1, -0.05) is 12.1 Å². The van der Waals surface area contributed by atoms with Gasteiger partial charge < -0.3 is 10.1 Å². The number of amides is 1. The molecule has 0 saturated heterocycles. The summed E-state index contributed by atoms with van der Waals surface area (Å²) in [5.74, 6) is -1.14. The average molecular weight is 361 g/mol. The summed E-state index contributed by atoms with van der Waals surface area (Å²) in [5.41, 5.74) is -0.627. The second-order valence-electron chi connectivity index (χ2n) is 4.40. The Morgan fingerprint density at radius 3 is 2.64 bits per heavy atom. The number of halogens is 1. The predicted molar refractivity (Wildman–Crippen MR) is 83.9 cm³/mol. The summed E-state index contributed by atoms with van der Waals surface area (Å²) in [6.07, 6.45) is 2.90. The molecular formula is C14H9BrN4O3. The number of fused-ring (bicyclic) bond motifs is 1. The van der Waals surface area contributed by atoms with Gasteiger partial charge in [0, 0.05) is 17.8 Å². The first kappa shape index (κ1) is 14.2. The zero-order valence-corrected chi connectivity index (χ0v) is 12.6. The number of carbonyl (C=O) groups is 1. The van der Waals surface area contributed by atoms with Crippen molar-refractivity contribution in [3.63, 3.8) is 0 Å². The van der Waals surface area contributed by atoms with E-state index in [9.17, 15) is 14.7 Å². The highest BCUT2D eigenvalue weighted by Crippen LogP contribution is 2.24. The van der Waals surface area contributed by atoms with E-state index in [-0.39, 0.29) is 17.3 Å². The maximum atomic E-state index is 12.2. The van der Waals surface area contributed by atoms with Gasteiger partial charge in [-0.15, -0.1) is 0 Å². The fourth-order valence-electron chi connectivity index (χ4n) is 1.98. The highest BCUT2D eigenvalue weighted by atomic mass is 79.9. The highest BCUT2D eigenvalue weighted by molar-refractivity contribution is 9.10. The Balaban J connectivity index is 2.04. The summed E-state index contributed by atoms with van der Waals surface area (Å²) in [6.45, 7) is 0. The van der Waals surface area contributed by atoms with Gasteiger partial charge in [0.25, 0.3) is 11.5 Å². The van der Waals surface area contributed by atoms with Crippen molar-refractivity contribution >= 4 is 38.7 Å². The Labute approximate surface area is 132 Å². The summed E-state index contributed by atoms with van der Waals surface area (Å²) in [4.78, 5) is 34.5. The van der Waals surface area contributed by atoms with E-state index >= 15 is 0 Å². The first-order valence-electron chi connectivity index (χ1n) is 6.19. The van der Waals surface area contributed by atoms with Gasteiger partial charge in [0.2, 0.25) is 5.95 Å².